The number of hydrogen-bond acceptors (Lipinski definition) is 2. The third kappa shape index (κ3) is 3.06. The lowest BCUT2D eigenvalue weighted by Crippen LogP contribution is -2.47. The summed E-state index contributed by atoms with van der Waals surface area (Å²) in [5.74, 6) is -2.80. The Labute approximate surface area is 107 Å². The average Bonchev–Trinajstić information content (AvgIpc) is 2.28. The summed E-state index contributed by atoms with van der Waals surface area (Å²) < 4.78 is 28.3. The quantitative estimate of drug-likeness (QED) is 0.845. The fraction of sp³-hybridized carbons (Fsp3) is 0.571. The van der Waals surface area contributed by atoms with Crippen molar-refractivity contribution < 1.29 is 8.78 Å². The van der Waals surface area contributed by atoms with Gasteiger partial charge in [0, 0.05) is 24.7 Å². The van der Waals surface area contributed by atoms with Gasteiger partial charge >= 0.3 is 0 Å². The number of nitrogens with zero attached hydrogens (tertiary/aromatic N) is 1. The molecule has 0 aliphatic heterocycles. The highest BCUT2D eigenvalue weighted by atomic mass is 19.3. The lowest BCUT2D eigenvalue weighted by atomic mass is 9.91. The van der Waals surface area contributed by atoms with Crippen molar-refractivity contribution >= 4 is 0 Å². The summed E-state index contributed by atoms with van der Waals surface area (Å²) in [5.41, 5.74) is 5.61. The van der Waals surface area contributed by atoms with E-state index in [0.717, 1.165) is 19.3 Å². The maximum atomic E-state index is 14.2. The monoisotopic (exact) mass is 254 g/mol. The van der Waals surface area contributed by atoms with E-state index in [2.05, 4.69) is 0 Å². The van der Waals surface area contributed by atoms with Crippen LogP contribution in [0.2, 0.25) is 0 Å². The molecule has 100 valence electrons. The molecular formula is C14H20F2N2. The predicted molar refractivity (Wildman–Crippen MR) is 68.6 cm³/mol. The summed E-state index contributed by atoms with van der Waals surface area (Å²) >= 11 is 0. The maximum absolute atomic E-state index is 14.2. The molecule has 4 heteroatoms. The van der Waals surface area contributed by atoms with E-state index in [1.807, 2.05) is 4.90 Å². The molecule has 0 heterocycles. The Hall–Kier alpha value is -1.00. The van der Waals surface area contributed by atoms with E-state index in [9.17, 15) is 8.78 Å². The molecule has 1 fully saturated rings. The highest BCUT2D eigenvalue weighted by Gasteiger charge is 2.37. The third-order valence-corrected chi connectivity index (χ3v) is 3.61. The molecule has 0 amide bonds. The summed E-state index contributed by atoms with van der Waals surface area (Å²) in [7, 11) is 0. The molecular weight excluding hydrogens is 234 g/mol. The average molecular weight is 254 g/mol. The van der Waals surface area contributed by atoms with Gasteiger partial charge in [-0.1, -0.05) is 36.8 Å². The molecule has 2 nitrogen and oxygen atoms in total. The molecule has 0 atom stereocenters. The first-order valence-electron chi connectivity index (χ1n) is 6.51. The second-order valence-electron chi connectivity index (χ2n) is 4.91. The van der Waals surface area contributed by atoms with Crippen LogP contribution in [-0.4, -0.2) is 30.6 Å². The molecule has 1 saturated carbocycles. The summed E-state index contributed by atoms with van der Waals surface area (Å²) in [6.07, 6.45) is 3.18. The summed E-state index contributed by atoms with van der Waals surface area (Å²) in [6.45, 7) is 0.757. The number of alkyl halides is 2. The van der Waals surface area contributed by atoms with Gasteiger partial charge in [-0.05, 0) is 12.8 Å². The Morgan fingerprint density at radius 2 is 1.89 bits per heavy atom. The van der Waals surface area contributed by atoms with Crippen LogP contribution in [0.25, 0.3) is 0 Å². The number of halogens is 2. The first-order chi connectivity index (χ1) is 8.63. The summed E-state index contributed by atoms with van der Waals surface area (Å²) in [4.78, 5) is 1.84. The fourth-order valence-electron chi connectivity index (χ4n) is 2.34. The van der Waals surface area contributed by atoms with Crippen molar-refractivity contribution in [3.63, 3.8) is 0 Å². The van der Waals surface area contributed by atoms with Crippen molar-refractivity contribution in [2.24, 2.45) is 5.73 Å². The van der Waals surface area contributed by atoms with Crippen LogP contribution in [0.15, 0.2) is 30.3 Å². The molecule has 0 radical (unpaired) electrons. The summed E-state index contributed by atoms with van der Waals surface area (Å²) in [5, 5.41) is 0. The van der Waals surface area contributed by atoms with E-state index in [1.165, 1.54) is 12.1 Å². The highest BCUT2D eigenvalue weighted by Crippen LogP contribution is 2.32. The molecule has 0 aromatic heterocycles. The number of rotatable bonds is 6. The Kier molecular flexibility index (Phi) is 4.30. The zero-order valence-corrected chi connectivity index (χ0v) is 10.5. The van der Waals surface area contributed by atoms with E-state index in [-0.39, 0.29) is 12.1 Å². The zero-order valence-electron chi connectivity index (χ0n) is 10.5. The standard InChI is InChI=1S/C14H20F2N2/c15-14(16,12-5-2-1-3-6-12)11-18(10-9-17)13-7-4-8-13/h1-3,5-6,13H,4,7-11,17H2. The van der Waals surface area contributed by atoms with E-state index in [1.54, 1.807) is 18.2 Å². The number of nitrogens with two attached hydrogens (primary N) is 1. The van der Waals surface area contributed by atoms with Crippen LogP contribution in [-0.2, 0) is 5.92 Å². The smallest absolute Gasteiger partial charge is 0.285 e. The molecule has 1 aromatic carbocycles. The van der Waals surface area contributed by atoms with Gasteiger partial charge in [0.05, 0.1) is 6.54 Å². The number of hydrogen-bond donors (Lipinski definition) is 1. The molecule has 0 spiro atoms. The van der Waals surface area contributed by atoms with Gasteiger partial charge in [-0.3, -0.25) is 4.90 Å². The topological polar surface area (TPSA) is 29.3 Å². The Balaban J connectivity index is 2.04. The molecule has 2 N–H and O–H groups in total. The van der Waals surface area contributed by atoms with E-state index in [4.69, 9.17) is 5.73 Å². The van der Waals surface area contributed by atoms with E-state index >= 15 is 0 Å². The lowest BCUT2D eigenvalue weighted by Gasteiger charge is -2.39. The van der Waals surface area contributed by atoms with Gasteiger partial charge in [-0.2, -0.15) is 8.78 Å². The van der Waals surface area contributed by atoms with E-state index < -0.39 is 5.92 Å². The molecule has 18 heavy (non-hydrogen) atoms. The molecule has 0 unspecified atom stereocenters. The van der Waals surface area contributed by atoms with Crippen molar-refractivity contribution in [1.29, 1.82) is 0 Å². The normalized spacial score (nSPS) is 16.9. The lowest BCUT2D eigenvalue weighted by molar-refractivity contribution is -0.0558. The van der Waals surface area contributed by atoms with Gasteiger partial charge in [0.2, 0.25) is 0 Å². The van der Waals surface area contributed by atoms with Gasteiger partial charge < -0.3 is 5.73 Å². The number of benzene rings is 1. The zero-order chi connectivity index (χ0) is 13.0. The fourth-order valence-corrected chi connectivity index (χ4v) is 2.34. The molecule has 0 saturated heterocycles. The van der Waals surface area contributed by atoms with Crippen molar-refractivity contribution in [2.45, 2.75) is 31.2 Å². The van der Waals surface area contributed by atoms with Gasteiger partial charge in [0.1, 0.15) is 0 Å². The van der Waals surface area contributed by atoms with Crippen molar-refractivity contribution in [3.05, 3.63) is 35.9 Å². The first kappa shape index (κ1) is 13.4. The molecule has 1 aromatic rings. The minimum atomic E-state index is -2.80. The molecule has 1 aliphatic rings. The Bertz CT molecular complexity index is 363. The maximum Gasteiger partial charge on any atom is 0.285 e. The van der Waals surface area contributed by atoms with Crippen molar-refractivity contribution in [1.82, 2.24) is 4.90 Å². The Morgan fingerprint density at radius 3 is 2.39 bits per heavy atom. The second-order valence-corrected chi connectivity index (χ2v) is 4.91. The molecule has 0 bridgehead atoms. The van der Waals surface area contributed by atoms with Gasteiger partial charge in [0.25, 0.3) is 5.92 Å². The third-order valence-electron chi connectivity index (χ3n) is 3.61. The van der Waals surface area contributed by atoms with Crippen LogP contribution >= 0.6 is 0 Å². The van der Waals surface area contributed by atoms with Crippen LogP contribution in [0.1, 0.15) is 24.8 Å². The molecule has 2 rings (SSSR count). The SMILES string of the molecule is NCCN(CC(F)(F)c1ccccc1)C1CCC1. The summed E-state index contributed by atoms with van der Waals surface area (Å²) in [6, 6.07) is 8.33. The minimum absolute atomic E-state index is 0.0892. The predicted octanol–water partition coefficient (Wildman–Crippen LogP) is 2.59. The van der Waals surface area contributed by atoms with E-state index in [0.29, 0.717) is 19.1 Å². The van der Waals surface area contributed by atoms with Crippen LogP contribution in [0.4, 0.5) is 8.78 Å². The second kappa shape index (κ2) is 5.76. The highest BCUT2D eigenvalue weighted by molar-refractivity contribution is 5.20. The largest absolute Gasteiger partial charge is 0.329 e. The minimum Gasteiger partial charge on any atom is -0.329 e. The van der Waals surface area contributed by atoms with Crippen LogP contribution in [0, 0.1) is 0 Å². The van der Waals surface area contributed by atoms with Gasteiger partial charge in [0.15, 0.2) is 0 Å². The van der Waals surface area contributed by atoms with Crippen molar-refractivity contribution in [3.8, 4) is 0 Å². The van der Waals surface area contributed by atoms with Crippen LogP contribution < -0.4 is 5.73 Å². The first-order valence-corrected chi connectivity index (χ1v) is 6.51. The van der Waals surface area contributed by atoms with Gasteiger partial charge in [-0.25, -0.2) is 0 Å². The van der Waals surface area contributed by atoms with Crippen molar-refractivity contribution in [2.75, 3.05) is 19.6 Å². The van der Waals surface area contributed by atoms with Gasteiger partial charge in [-0.15, -0.1) is 0 Å². The Morgan fingerprint density at radius 1 is 1.22 bits per heavy atom. The molecule has 1 aliphatic carbocycles. The van der Waals surface area contributed by atoms with Crippen LogP contribution in [0.3, 0.4) is 0 Å². The van der Waals surface area contributed by atoms with Crippen LogP contribution in [0.5, 0.6) is 0 Å².